The zero-order valence-electron chi connectivity index (χ0n) is 21.8. The molecule has 0 saturated heterocycles. The molecule has 2 unspecified atom stereocenters. The van der Waals surface area contributed by atoms with E-state index in [-0.39, 0.29) is 22.9 Å². The van der Waals surface area contributed by atoms with Gasteiger partial charge in [0.25, 0.3) is 5.91 Å². The maximum atomic E-state index is 13.8. The van der Waals surface area contributed by atoms with Crippen LogP contribution in [0.1, 0.15) is 44.4 Å². The standard InChI is InChI=1S/C27H33ClN4O6/c1-6-13-32(25(36)20(15-21(29)34)30-26(37)38-27(3,4)5)23(17-10-8-11-18(33)14-17)24(35)31-22-16(2)9-7-12-19(22)28/h6-12,14,20,23,33H,1,13,15H2,2-5H3,(H2,29,34)(H,30,37)(H,31,35). The number of halogens is 1. The number of anilines is 1. The summed E-state index contributed by atoms with van der Waals surface area (Å²) in [7, 11) is 0. The highest BCUT2D eigenvalue weighted by atomic mass is 35.5. The van der Waals surface area contributed by atoms with Crippen LogP contribution in [0.2, 0.25) is 5.02 Å². The van der Waals surface area contributed by atoms with Crippen LogP contribution in [0.15, 0.2) is 55.1 Å². The predicted octanol–water partition coefficient (Wildman–Crippen LogP) is 3.82. The molecule has 11 heteroatoms. The monoisotopic (exact) mass is 544 g/mol. The second kappa shape index (κ2) is 13.0. The number of hydrogen-bond donors (Lipinski definition) is 4. The van der Waals surface area contributed by atoms with Gasteiger partial charge in [0.05, 0.1) is 17.1 Å². The molecule has 0 radical (unpaired) electrons. The summed E-state index contributed by atoms with van der Waals surface area (Å²) in [6.07, 6.45) is -0.110. The molecule has 2 rings (SSSR count). The lowest BCUT2D eigenvalue weighted by Crippen LogP contribution is -2.53. The van der Waals surface area contributed by atoms with Crippen LogP contribution >= 0.6 is 11.6 Å². The molecule has 0 fully saturated rings. The summed E-state index contributed by atoms with van der Waals surface area (Å²) in [6.45, 7) is 10.2. The van der Waals surface area contributed by atoms with E-state index in [1.54, 1.807) is 52.0 Å². The average molecular weight is 545 g/mol. The molecule has 2 atom stereocenters. The molecule has 5 N–H and O–H groups in total. The normalized spacial score (nSPS) is 12.6. The summed E-state index contributed by atoms with van der Waals surface area (Å²) in [5.41, 5.74) is 5.77. The molecular weight excluding hydrogens is 512 g/mol. The SMILES string of the molecule is C=CCN(C(=O)C(CC(N)=O)NC(=O)OC(C)(C)C)C(C(=O)Nc1c(C)cccc1Cl)c1cccc(O)c1. The first-order valence-corrected chi connectivity index (χ1v) is 12.2. The number of phenolic OH excluding ortho intramolecular Hbond substituents is 1. The maximum absolute atomic E-state index is 13.8. The summed E-state index contributed by atoms with van der Waals surface area (Å²) in [6, 6.07) is 8.13. The fraction of sp³-hybridized carbons (Fsp3) is 0.333. The third-order valence-electron chi connectivity index (χ3n) is 5.22. The third kappa shape index (κ3) is 8.52. The van der Waals surface area contributed by atoms with Gasteiger partial charge in [0.15, 0.2) is 0 Å². The quantitative estimate of drug-likeness (QED) is 0.334. The zero-order valence-corrected chi connectivity index (χ0v) is 22.5. The Morgan fingerprint density at radius 3 is 2.39 bits per heavy atom. The Balaban J connectivity index is 2.55. The van der Waals surface area contributed by atoms with Crippen LogP contribution in [0.4, 0.5) is 10.5 Å². The van der Waals surface area contributed by atoms with Crippen LogP contribution in [0.25, 0.3) is 0 Å². The second-order valence-corrected chi connectivity index (χ2v) is 9.97. The minimum atomic E-state index is -1.45. The van der Waals surface area contributed by atoms with E-state index in [1.165, 1.54) is 24.3 Å². The summed E-state index contributed by atoms with van der Waals surface area (Å²) in [4.78, 5) is 52.9. The minimum absolute atomic E-state index is 0.138. The smallest absolute Gasteiger partial charge is 0.408 e. The van der Waals surface area contributed by atoms with Crippen molar-refractivity contribution >= 4 is 41.1 Å². The average Bonchev–Trinajstić information content (AvgIpc) is 2.79. The van der Waals surface area contributed by atoms with E-state index < -0.39 is 47.9 Å². The molecule has 0 spiro atoms. The van der Waals surface area contributed by atoms with Crippen LogP contribution in [0.3, 0.4) is 0 Å². The molecule has 0 aliphatic carbocycles. The van der Waals surface area contributed by atoms with Crippen molar-refractivity contribution in [3.8, 4) is 5.75 Å². The number of rotatable bonds is 10. The van der Waals surface area contributed by atoms with Crippen molar-refractivity contribution in [1.82, 2.24) is 10.2 Å². The lowest BCUT2D eigenvalue weighted by molar-refractivity contribution is -0.141. The van der Waals surface area contributed by atoms with Gasteiger partial charge in [0, 0.05) is 6.54 Å². The van der Waals surface area contributed by atoms with Gasteiger partial charge in [-0.1, -0.05) is 41.9 Å². The molecule has 10 nitrogen and oxygen atoms in total. The van der Waals surface area contributed by atoms with E-state index in [0.29, 0.717) is 11.3 Å². The number of nitrogens with two attached hydrogens (primary N) is 1. The molecule has 2 aromatic rings. The first-order valence-electron chi connectivity index (χ1n) is 11.8. The fourth-order valence-electron chi connectivity index (χ4n) is 3.66. The number of aryl methyl sites for hydroxylation is 1. The summed E-state index contributed by atoms with van der Waals surface area (Å²) in [5.74, 6) is -2.45. The molecule has 0 bridgehead atoms. The zero-order chi connectivity index (χ0) is 28.6. The van der Waals surface area contributed by atoms with Crippen molar-refractivity contribution in [2.45, 2.75) is 51.8 Å². The lowest BCUT2D eigenvalue weighted by Gasteiger charge is -2.33. The summed E-state index contributed by atoms with van der Waals surface area (Å²) in [5, 5.41) is 15.5. The van der Waals surface area contributed by atoms with Gasteiger partial charge in [0.1, 0.15) is 23.4 Å². The van der Waals surface area contributed by atoms with Crippen molar-refractivity contribution in [2.75, 3.05) is 11.9 Å². The molecule has 0 aliphatic heterocycles. The Morgan fingerprint density at radius 2 is 1.84 bits per heavy atom. The number of aromatic hydroxyl groups is 1. The summed E-state index contributed by atoms with van der Waals surface area (Å²) < 4.78 is 5.23. The van der Waals surface area contributed by atoms with E-state index in [4.69, 9.17) is 22.1 Å². The number of carbonyl (C=O) groups is 4. The van der Waals surface area contributed by atoms with Gasteiger partial charge in [-0.15, -0.1) is 6.58 Å². The minimum Gasteiger partial charge on any atom is -0.508 e. The Bertz CT molecular complexity index is 1190. The van der Waals surface area contributed by atoms with Gasteiger partial charge in [-0.05, 0) is 57.0 Å². The van der Waals surface area contributed by atoms with E-state index in [0.717, 1.165) is 4.90 Å². The highest BCUT2D eigenvalue weighted by molar-refractivity contribution is 6.34. The van der Waals surface area contributed by atoms with Crippen LogP contribution in [0.5, 0.6) is 5.75 Å². The molecule has 38 heavy (non-hydrogen) atoms. The van der Waals surface area contributed by atoms with Gasteiger partial charge < -0.3 is 31.1 Å². The lowest BCUT2D eigenvalue weighted by atomic mass is 10.0. The number of benzene rings is 2. The van der Waals surface area contributed by atoms with Crippen LogP contribution in [-0.2, 0) is 19.1 Å². The largest absolute Gasteiger partial charge is 0.508 e. The number of primary amides is 1. The molecule has 4 amide bonds. The Hall–Kier alpha value is -4.05. The second-order valence-electron chi connectivity index (χ2n) is 9.57. The number of amides is 4. The van der Waals surface area contributed by atoms with E-state index in [9.17, 15) is 24.3 Å². The van der Waals surface area contributed by atoms with Gasteiger partial charge in [-0.25, -0.2) is 4.79 Å². The van der Waals surface area contributed by atoms with E-state index in [2.05, 4.69) is 17.2 Å². The van der Waals surface area contributed by atoms with Crippen molar-refractivity contribution in [3.63, 3.8) is 0 Å². The topological polar surface area (TPSA) is 151 Å². The van der Waals surface area contributed by atoms with E-state index in [1.807, 2.05) is 0 Å². The highest BCUT2D eigenvalue weighted by Gasteiger charge is 2.37. The Kier molecular flexibility index (Phi) is 10.3. The van der Waals surface area contributed by atoms with Gasteiger partial charge in [0.2, 0.25) is 11.8 Å². The number of para-hydroxylation sites is 1. The van der Waals surface area contributed by atoms with Crippen LogP contribution < -0.4 is 16.4 Å². The van der Waals surface area contributed by atoms with Crippen molar-refractivity contribution in [3.05, 3.63) is 71.3 Å². The Labute approximate surface area is 226 Å². The fourth-order valence-corrected chi connectivity index (χ4v) is 3.93. The van der Waals surface area contributed by atoms with E-state index >= 15 is 0 Å². The third-order valence-corrected chi connectivity index (χ3v) is 5.53. The predicted molar refractivity (Wildman–Crippen MR) is 145 cm³/mol. The molecule has 0 heterocycles. The van der Waals surface area contributed by atoms with Crippen molar-refractivity contribution in [2.24, 2.45) is 5.73 Å². The molecule has 0 saturated carbocycles. The van der Waals surface area contributed by atoms with Gasteiger partial charge >= 0.3 is 6.09 Å². The van der Waals surface area contributed by atoms with Crippen LogP contribution in [-0.4, -0.2) is 52.0 Å². The van der Waals surface area contributed by atoms with Crippen molar-refractivity contribution < 1.29 is 29.0 Å². The summed E-state index contributed by atoms with van der Waals surface area (Å²) >= 11 is 6.31. The first-order chi connectivity index (χ1) is 17.7. The number of nitrogens with zero attached hydrogens (tertiary/aromatic N) is 1. The molecule has 0 aliphatic rings. The molecule has 204 valence electrons. The first kappa shape index (κ1) is 30.2. The van der Waals surface area contributed by atoms with Crippen LogP contribution in [0, 0.1) is 6.92 Å². The number of alkyl carbamates (subject to hydrolysis) is 1. The van der Waals surface area contributed by atoms with Crippen molar-refractivity contribution in [1.29, 1.82) is 0 Å². The highest BCUT2D eigenvalue weighted by Crippen LogP contribution is 2.30. The number of phenols is 1. The number of carbonyl (C=O) groups excluding carboxylic acids is 4. The molecular formula is C27H33ClN4O6. The Morgan fingerprint density at radius 1 is 1.18 bits per heavy atom. The number of ether oxygens (including phenoxy) is 1. The van der Waals surface area contributed by atoms with Gasteiger partial charge in [-0.2, -0.15) is 0 Å². The van der Waals surface area contributed by atoms with Gasteiger partial charge in [-0.3, -0.25) is 14.4 Å². The molecule has 0 aromatic heterocycles. The number of hydrogen-bond acceptors (Lipinski definition) is 6. The maximum Gasteiger partial charge on any atom is 0.408 e. The molecule has 2 aromatic carbocycles. The number of nitrogens with one attached hydrogen (secondary N) is 2.